The number of carbonyl (C=O) groups is 1. The number of esters is 1. The van der Waals surface area contributed by atoms with Crippen molar-refractivity contribution in [1.82, 2.24) is 0 Å². The third-order valence-electron chi connectivity index (χ3n) is 8.75. The van der Waals surface area contributed by atoms with E-state index in [-0.39, 0.29) is 5.97 Å². The number of hydrogen-bond donors (Lipinski definition) is 0. The molecule has 0 aromatic carbocycles. The third kappa shape index (κ3) is 35.5. The minimum absolute atomic E-state index is 0.0250. The lowest BCUT2D eigenvalue weighted by Gasteiger charge is -2.06. The average Bonchev–Trinajstić information content (AvgIpc) is 2.96. The molecule has 0 amide bonds. The standard InChI is InChI=1S/C38H76O2/c1-3-5-7-9-11-13-14-15-16-17-18-19-20-21-22-23-24-25-26-27-29-31-33-35-37-40-38(39)36-34-32-30-28-12-10-8-6-4-2/h3-37H2,1-2H3. The molecule has 0 bridgehead atoms. The lowest BCUT2D eigenvalue weighted by Crippen LogP contribution is -2.05. The van der Waals surface area contributed by atoms with Crippen molar-refractivity contribution in [2.45, 2.75) is 232 Å². The molecule has 0 saturated carbocycles. The predicted octanol–water partition coefficient (Wildman–Crippen LogP) is 13.8. The topological polar surface area (TPSA) is 26.3 Å². The van der Waals surface area contributed by atoms with E-state index >= 15 is 0 Å². The number of carbonyl (C=O) groups excluding carboxylic acids is 1. The summed E-state index contributed by atoms with van der Waals surface area (Å²) < 4.78 is 5.42. The maximum absolute atomic E-state index is 11.9. The van der Waals surface area contributed by atoms with E-state index in [1.54, 1.807) is 0 Å². The molecule has 0 spiro atoms. The Hall–Kier alpha value is -0.530. The number of rotatable bonds is 35. The molecule has 0 aliphatic heterocycles. The Labute approximate surface area is 254 Å². The predicted molar refractivity (Wildman–Crippen MR) is 179 cm³/mol. The molecule has 0 fully saturated rings. The second-order valence-corrected chi connectivity index (χ2v) is 12.9. The zero-order valence-corrected chi connectivity index (χ0v) is 28.1. The number of ether oxygens (including phenoxy) is 1. The molecule has 0 N–H and O–H groups in total. The van der Waals surface area contributed by atoms with Gasteiger partial charge in [0.25, 0.3) is 0 Å². The maximum atomic E-state index is 11.9. The molecule has 0 aliphatic rings. The fourth-order valence-corrected chi connectivity index (χ4v) is 5.90. The van der Waals surface area contributed by atoms with Crippen LogP contribution in [0.3, 0.4) is 0 Å². The largest absolute Gasteiger partial charge is 0.466 e. The molecule has 0 aliphatic carbocycles. The zero-order chi connectivity index (χ0) is 29.0. The first-order chi connectivity index (χ1) is 19.8. The Kier molecular flexibility index (Phi) is 36.0. The van der Waals surface area contributed by atoms with Crippen LogP contribution in [-0.2, 0) is 9.53 Å². The van der Waals surface area contributed by atoms with E-state index in [0.29, 0.717) is 13.0 Å². The van der Waals surface area contributed by atoms with E-state index in [1.807, 2.05) is 0 Å². The Balaban J connectivity index is 3.11. The van der Waals surface area contributed by atoms with Gasteiger partial charge in [0.1, 0.15) is 0 Å². The molecule has 0 saturated heterocycles. The third-order valence-corrected chi connectivity index (χ3v) is 8.75. The molecule has 0 unspecified atom stereocenters. The van der Waals surface area contributed by atoms with Crippen LogP contribution in [0.2, 0.25) is 0 Å². The van der Waals surface area contributed by atoms with Crippen molar-refractivity contribution < 1.29 is 9.53 Å². The van der Waals surface area contributed by atoms with Crippen LogP contribution in [0.5, 0.6) is 0 Å². The first-order valence-corrected chi connectivity index (χ1v) is 19.0. The molecule has 0 aromatic rings. The van der Waals surface area contributed by atoms with Crippen LogP contribution in [-0.4, -0.2) is 12.6 Å². The summed E-state index contributed by atoms with van der Waals surface area (Å²) in [5.74, 6) is 0.0250. The highest BCUT2D eigenvalue weighted by Gasteiger charge is 2.03. The van der Waals surface area contributed by atoms with Crippen molar-refractivity contribution in [3.8, 4) is 0 Å². The molecule has 0 aromatic heterocycles. The van der Waals surface area contributed by atoms with Crippen molar-refractivity contribution in [2.75, 3.05) is 6.61 Å². The van der Waals surface area contributed by atoms with Crippen molar-refractivity contribution in [2.24, 2.45) is 0 Å². The normalized spacial score (nSPS) is 11.3. The highest BCUT2D eigenvalue weighted by Crippen LogP contribution is 2.16. The summed E-state index contributed by atoms with van der Waals surface area (Å²) in [6, 6.07) is 0. The second kappa shape index (κ2) is 36.5. The van der Waals surface area contributed by atoms with Crippen LogP contribution in [0.15, 0.2) is 0 Å². The van der Waals surface area contributed by atoms with Crippen molar-refractivity contribution in [3.63, 3.8) is 0 Å². The first kappa shape index (κ1) is 39.5. The van der Waals surface area contributed by atoms with E-state index in [0.717, 1.165) is 12.8 Å². The number of hydrogen-bond acceptors (Lipinski definition) is 2. The van der Waals surface area contributed by atoms with Crippen LogP contribution < -0.4 is 0 Å². The Bertz CT molecular complexity index is 460. The fraction of sp³-hybridized carbons (Fsp3) is 0.974. The Morgan fingerprint density at radius 1 is 0.325 bits per heavy atom. The molecule has 240 valence electrons. The fourth-order valence-electron chi connectivity index (χ4n) is 5.90. The maximum Gasteiger partial charge on any atom is 0.305 e. The number of unbranched alkanes of at least 4 members (excludes halogenated alkanes) is 31. The van der Waals surface area contributed by atoms with Crippen LogP contribution in [0, 0.1) is 0 Å². The van der Waals surface area contributed by atoms with Gasteiger partial charge in [-0.3, -0.25) is 4.79 Å². The second-order valence-electron chi connectivity index (χ2n) is 12.9. The minimum Gasteiger partial charge on any atom is -0.466 e. The zero-order valence-electron chi connectivity index (χ0n) is 28.1. The molecule has 0 atom stereocenters. The van der Waals surface area contributed by atoms with Gasteiger partial charge < -0.3 is 4.74 Å². The highest BCUT2D eigenvalue weighted by molar-refractivity contribution is 5.69. The minimum atomic E-state index is 0.0250. The smallest absolute Gasteiger partial charge is 0.305 e. The molecular formula is C38H76O2. The molecule has 2 heteroatoms. The summed E-state index contributed by atoms with van der Waals surface area (Å²) in [5, 5.41) is 0. The summed E-state index contributed by atoms with van der Waals surface area (Å²) in [7, 11) is 0. The van der Waals surface area contributed by atoms with E-state index in [1.165, 1.54) is 199 Å². The Morgan fingerprint density at radius 3 is 0.825 bits per heavy atom. The summed E-state index contributed by atoms with van der Waals surface area (Å²) in [6.45, 7) is 5.20. The van der Waals surface area contributed by atoms with Gasteiger partial charge in [0, 0.05) is 6.42 Å². The molecule has 2 nitrogen and oxygen atoms in total. The van der Waals surface area contributed by atoms with Gasteiger partial charge in [0.05, 0.1) is 6.61 Å². The lowest BCUT2D eigenvalue weighted by atomic mass is 10.0. The summed E-state index contributed by atoms with van der Waals surface area (Å²) in [6.07, 6.45) is 46.2. The van der Waals surface area contributed by atoms with Crippen LogP contribution in [0.1, 0.15) is 232 Å². The van der Waals surface area contributed by atoms with Gasteiger partial charge in [-0.15, -0.1) is 0 Å². The summed E-state index contributed by atoms with van der Waals surface area (Å²) in [5.41, 5.74) is 0. The van der Waals surface area contributed by atoms with Gasteiger partial charge >= 0.3 is 5.97 Å². The SMILES string of the molecule is CCCCCCCCCCCCCCCCCCCCCCCCCCOC(=O)CCCCCCCCCCC. The monoisotopic (exact) mass is 565 g/mol. The van der Waals surface area contributed by atoms with E-state index in [9.17, 15) is 4.79 Å². The van der Waals surface area contributed by atoms with Gasteiger partial charge in [-0.05, 0) is 12.8 Å². The molecule has 0 heterocycles. The van der Waals surface area contributed by atoms with E-state index in [2.05, 4.69) is 13.8 Å². The van der Waals surface area contributed by atoms with Crippen molar-refractivity contribution in [1.29, 1.82) is 0 Å². The van der Waals surface area contributed by atoms with Crippen LogP contribution >= 0.6 is 0 Å². The van der Waals surface area contributed by atoms with Crippen LogP contribution in [0.4, 0.5) is 0 Å². The lowest BCUT2D eigenvalue weighted by molar-refractivity contribution is -0.143. The first-order valence-electron chi connectivity index (χ1n) is 19.0. The van der Waals surface area contributed by atoms with Crippen LogP contribution in [0.25, 0.3) is 0 Å². The highest BCUT2D eigenvalue weighted by atomic mass is 16.5. The molecule has 0 rings (SSSR count). The molecule has 40 heavy (non-hydrogen) atoms. The molecule has 0 radical (unpaired) electrons. The summed E-state index contributed by atoms with van der Waals surface area (Å²) in [4.78, 5) is 11.9. The Morgan fingerprint density at radius 2 is 0.550 bits per heavy atom. The van der Waals surface area contributed by atoms with E-state index in [4.69, 9.17) is 4.74 Å². The van der Waals surface area contributed by atoms with Gasteiger partial charge in [-0.25, -0.2) is 0 Å². The van der Waals surface area contributed by atoms with E-state index < -0.39 is 0 Å². The quantitative estimate of drug-likeness (QED) is 0.0565. The van der Waals surface area contributed by atoms with Gasteiger partial charge in [0.2, 0.25) is 0 Å². The van der Waals surface area contributed by atoms with Gasteiger partial charge in [-0.2, -0.15) is 0 Å². The van der Waals surface area contributed by atoms with Gasteiger partial charge in [0.15, 0.2) is 0 Å². The summed E-state index contributed by atoms with van der Waals surface area (Å²) >= 11 is 0. The van der Waals surface area contributed by atoms with Crippen molar-refractivity contribution in [3.05, 3.63) is 0 Å². The molecular weight excluding hydrogens is 488 g/mol. The average molecular weight is 565 g/mol. The van der Waals surface area contributed by atoms with Crippen molar-refractivity contribution >= 4 is 5.97 Å². The van der Waals surface area contributed by atoms with Gasteiger partial charge in [-0.1, -0.05) is 213 Å².